The van der Waals surface area contributed by atoms with Crippen molar-refractivity contribution in [2.45, 2.75) is 11.4 Å². The van der Waals surface area contributed by atoms with E-state index in [-0.39, 0.29) is 22.7 Å². The lowest BCUT2D eigenvalue weighted by Gasteiger charge is -2.35. The highest BCUT2D eigenvalue weighted by atomic mass is 79.9. The summed E-state index contributed by atoms with van der Waals surface area (Å²) in [4.78, 5) is 27.7. The average molecular weight is 613 g/mol. The van der Waals surface area contributed by atoms with Gasteiger partial charge in [0.25, 0.3) is 10.9 Å². The molecule has 8 nitrogen and oxygen atoms in total. The lowest BCUT2D eigenvalue weighted by atomic mass is 10.0. The molecule has 1 unspecified atom stereocenters. The number of hydrogen-bond acceptors (Lipinski definition) is 8. The molecule has 0 spiro atoms. The molecule has 0 saturated carbocycles. The summed E-state index contributed by atoms with van der Waals surface area (Å²) in [6, 6.07) is 15.7. The molecular weight excluding hydrogens is 593 g/mol. The number of nitriles is 1. The summed E-state index contributed by atoms with van der Waals surface area (Å²) in [5.41, 5.74) is 2.11. The van der Waals surface area contributed by atoms with Crippen molar-refractivity contribution >= 4 is 43.0 Å². The number of aromatic nitrogens is 3. The molecule has 12 heteroatoms. The molecule has 192 valence electrons. The number of carbonyl (C=O) groups is 1. The van der Waals surface area contributed by atoms with Gasteiger partial charge in [0.1, 0.15) is 11.1 Å². The molecule has 1 aliphatic rings. The minimum absolute atomic E-state index is 0.159. The Morgan fingerprint density at radius 3 is 2.68 bits per heavy atom. The van der Waals surface area contributed by atoms with Crippen LogP contribution in [0.1, 0.15) is 31.4 Å². The molecule has 1 atom stereocenters. The third-order valence-corrected chi connectivity index (χ3v) is 10.2. The highest BCUT2D eigenvalue weighted by Gasteiger charge is 2.53. The maximum atomic E-state index is 16.4. The molecule has 3 heterocycles. The van der Waals surface area contributed by atoms with Crippen LogP contribution in [0.5, 0.6) is 0 Å². The van der Waals surface area contributed by atoms with Crippen molar-refractivity contribution in [2.24, 2.45) is 0 Å². The van der Waals surface area contributed by atoms with Crippen LogP contribution < -0.4 is 0 Å². The molecule has 0 aliphatic carbocycles. The SMILES string of the molecule is N#Cc1cc(C(=O)N2CCS(=O)(=O)C(F)(c3ncc(Cc4ccccc4-c4ncccn4)s3)C2)ccc1Br. The molecule has 4 aromatic rings. The topological polar surface area (TPSA) is 117 Å². The van der Waals surface area contributed by atoms with Gasteiger partial charge in [0.05, 0.1) is 17.9 Å². The number of rotatable bonds is 5. The van der Waals surface area contributed by atoms with Crippen LogP contribution in [0.2, 0.25) is 0 Å². The molecule has 0 bridgehead atoms. The zero-order chi connectivity index (χ0) is 26.9. The largest absolute Gasteiger partial charge is 0.333 e. The molecule has 0 radical (unpaired) electrons. The number of sulfone groups is 1. The summed E-state index contributed by atoms with van der Waals surface area (Å²) in [5.74, 6) is -0.550. The molecule has 2 aromatic carbocycles. The summed E-state index contributed by atoms with van der Waals surface area (Å²) in [6.45, 7) is -0.846. The Morgan fingerprint density at radius 1 is 1.16 bits per heavy atom. The highest BCUT2D eigenvalue weighted by Crippen LogP contribution is 2.40. The van der Waals surface area contributed by atoms with Crippen LogP contribution in [-0.4, -0.2) is 53.0 Å². The van der Waals surface area contributed by atoms with Gasteiger partial charge in [0, 0.05) is 52.0 Å². The third-order valence-electron chi connectivity index (χ3n) is 6.20. The predicted octanol–water partition coefficient (Wildman–Crippen LogP) is 4.52. The van der Waals surface area contributed by atoms with E-state index in [9.17, 15) is 18.5 Å². The van der Waals surface area contributed by atoms with Crippen LogP contribution in [0.25, 0.3) is 11.4 Å². The van der Waals surface area contributed by atoms with Gasteiger partial charge < -0.3 is 4.90 Å². The first-order valence-electron chi connectivity index (χ1n) is 11.4. The Hall–Kier alpha value is -3.53. The smallest absolute Gasteiger partial charge is 0.278 e. The van der Waals surface area contributed by atoms with E-state index >= 15 is 4.39 Å². The molecule has 0 N–H and O–H groups in total. The van der Waals surface area contributed by atoms with Gasteiger partial charge in [0.2, 0.25) is 0 Å². The first-order chi connectivity index (χ1) is 18.2. The monoisotopic (exact) mass is 611 g/mol. The fourth-order valence-corrected chi connectivity index (χ4v) is 7.40. The summed E-state index contributed by atoms with van der Waals surface area (Å²) in [5, 5.41) is 6.20. The molecular formula is C26H19BrFN5O3S2. The van der Waals surface area contributed by atoms with Crippen LogP contribution >= 0.6 is 27.3 Å². The normalized spacial score (nSPS) is 18.6. The summed E-state index contributed by atoms with van der Waals surface area (Å²) < 4.78 is 42.8. The lowest BCUT2D eigenvalue weighted by molar-refractivity contribution is 0.0666. The maximum Gasteiger partial charge on any atom is 0.278 e. The van der Waals surface area contributed by atoms with E-state index in [4.69, 9.17) is 0 Å². The van der Waals surface area contributed by atoms with Crippen molar-refractivity contribution in [3.8, 4) is 17.5 Å². The van der Waals surface area contributed by atoms with Crippen LogP contribution in [0.3, 0.4) is 0 Å². The fraction of sp³-hybridized carbons (Fsp3) is 0.192. The Bertz CT molecular complexity index is 1670. The minimum atomic E-state index is -4.25. The Balaban J connectivity index is 1.42. The van der Waals surface area contributed by atoms with Crippen molar-refractivity contribution in [3.63, 3.8) is 0 Å². The molecule has 1 saturated heterocycles. The van der Waals surface area contributed by atoms with Gasteiger partial charge in [-0.25, -0.2) is 27.8 Å². The third kappa shape index (κ3) is 4.84. The van der Waals surface area contributed by atoms with E-state index in [0.29, 0.717) is 21.6 Å². The quantitative estimate of drug-likeness (QED) is 0.326. The standard InChI is InChI=1S/C26H19BrFN5O3S2/c27-22-7-6-18(12-19(22)14-29)24(34)33-10-11-38(35,36)26(28,16-33)25-32-15-20(37-25)13-17-4-1-2-5-21(17)23-30-8-3-9-31-23/h1-9,12,15H,10-11,13,16H2. The summed E-state index contributed by atoms with van der Waals surface area (Å²) >= 11 is 4.21. The number of thiazole rings is 1. The second-order valence-corrected chi connectivity index (χ2v) is 12.9. The number of halogens is 2. The average Bonchev–Trinajstić information content (AvgIpc) is 3.40. The highest BCUT2D eigenvalue weighted by molar-refractivity contribution is 9.10. The number of hydrogen-bond donors (Lipinski definition) is 0. The van der Waals surface area contributed by atoms with E-state index in [0.717, 1.165) is 27.4 Å². The predicted molar refractivity (Wildman–Crippen MR) is 144 cm³/mol. The Morgan fingerprint density at radius 2 is 1.92 bits per heavy atom. The molecule has 1 fully saturated rings. The summed E-state index contributed by atoms with van der Waals surface area (Å²) in [6.07, 6.45) is 5.13. The van der Waals surface area contributed by atoms with E-state index in [2.05, 4.69) is 30.9 Å². The van der Waals surface area contributed by atoms with E-state index in [1.807, 2.05) is 30.3 Å². The van der Waals surface area contributed by atoms with E-state index in [1.165, 1.54) is 18.3 Å². The van der Waals surface area contributed by atoms with Crippen molar-refractivity contribution < 1.29 is 17.6 Å². The Labute approximate surface area is 230 Å². The van der Waals surface area contributed by atoms with Crippen molar-refractivity contribution in [1.29, 1.82) is 5.26 Å². The molecule has 1 amide bonds. The van der Waals surface area contributed by atoms with Crippen LogP contribution in [-0.2, 0) is 21.3 Å². The second-order valence-electron chi connectivity index (χ2n) is 8.62. The molecule has 38 heavy (non-hydrogen) atoms. The number of alkyl halides is 1. The molecule has 1 aliphatic heterocycles. The maximum absolute atomic E-state index is 16.4. The lowest BCUT2D eigenvalue weighted by Crippen LogP contribution is -2.53. The zero-order valence-corrected chi connectivity index (χ0v) is 22.9. The van der Waals surface area contributed by atoms with Gasteiger partial charge >= 0.3 is 0 Å². The van der Waals surface area contributed by atoms with Crippen molar-refractivity contribution in [2.75, 3.05) is 18.8 Å². The van der Waals surface area contributed by atoms with Crippen LogP contribution in [0.15, 0.2) is 71.6 Å². The van der Waals surface area contributed by atoms with Crippen molar-refractivity contribution in [1.82, 2.24) is 19.9 Å². The van der Waals surface area contributed by atoms with Crippen molar-refractivity contribution in [3.05, 3.63) is 98.2 Å². The van der Waals surface area contributed by atoms with Crippen LogP contribution in [0.4, 0.5) is 4.39 Å². The Kier molecular flexibility index (Phi) is 7.09. The summed E-state index contributed by atoms with van der Waals surface area (Å²) in [7, 11) is -4.25. The van der Waals surface area contributed by atoms with Gasteiger partial charge in [-0.15, -0.1) is 11.3 Å². The fourth-order valence-electron chi connectivity index (χ4n) is 4.20. The number of nitrogens with zero attached hydrogens (tertiary/aromatic N) is 5. The van der Waals surface area contributed by atoms with E-state index < -0.39 is 33.0 Å². The first kappa shape index (κ1) is 26.1. The van der Waals surface area contributed by atoms with Gasteiger partial charge in [-0.1, -0.05) is 24.3 Å². The zero-order valence-electron chi connectivity index (χ0n) is 19.7. The second kappa shape index (κ2) is 10.3. The van der Waals surface area contributed by atoms with Crippen LogP contribution in [0, 0.1) is 11.3 Å². The number of benzene rings is 2. The molecule has 2 aromatic heterocycles. The van der Waals surface area contributed by atoms with Gasteiger partial charge in [0.15, 0.2) is 15.7 Å². The van der Waals surface area contributed by atoms with E-state index in [1.54, 1.807) is 24.5 Å². The minimum Gasteiger partial charge on any atom is -0.333 e. The number of amides is 1. The van der Waals surface area contributed by atoms with Gasteiger partial charge in [-0.3, -0.25) is 4.79 Å². The molecule has 5 rings (SSSR count). The van der Waals surface area contributed by atoms with Gasteiger partial charge in [-0.2, -0.15) is 5.26 Å². The van der Waals surface area contributed by atoms with Gasteiger partial charge in [-0.05, 0) is 45.8 Å². The first-order valence-corrected chi connectivity index (χ1v) is 14.7. The number of carbonyl (C=O) groups excluding carboxylic acids is 1.